The van der Waals surface area contributed by atoms with Crippen LogP contribution in [0, 0.1) is 11.8 Å². The summed E-state index contributed by atoms with van der Waals surface area (Å²) in [6.45, 7) is 7.00. The third kappa shape index (κ3) is 7.54. The Kier molecular flexibility index (Phi) is 11.0. The summed E-state index contributed by atoms with van der Waals surface area (Å²) in [7, 11) is 4.85. The van der Waals surface area contributed by atoms with Gasteiger partial charge in [0, 0.05) is 68.6 Å². The minimum absolute atomic E-state index is 0.0129. The number of nitrogens with zero attached hydrogens (tertiary/aromatic N) is 7. The first kappa shape index (κ1) is 37.3. The van der Waals surface area contributed by atoms with Gasteiger partial charge in [-0.3, -0.25) is 14.4 Å². The highest BCUT2D eigenvalue weighted by Crippen LogP contribution is 2.43. The summed E-state index contributed by atoms with van der Waals surface area (Å²) in [5.74, 6) is 5.51. The summed E-state index contributed by atoms with van der Waals surface area (Å²) in [4.78, 5) is 27.9. The van der Waals surface area contributed by atoms with Crippen molar-refractivity contribution in [2.45, 2.75) is 96.6 Å². The van der Waals surface area contributed by atoms with Crippen LogP contribution in [-0.4, -0.2) is 88.5 Å². The second-order valence-electron chi connectivity index (χ2n) is 13.8. The molecule has 1 amide bonds. The minimum Gasteiger partial charge on any atom is -0.467 e. The summed E-state index contributed by atoms with van der Waals surface area (Å²) in [6, 6.07) is 3.25. The van der Waals surface area contributed by atoms with Crippen LogP contribution in [0.1, 0.15) is 95.3 Å². The first-order valence-corrected chi connectivity index (χ1v) is 17.7. The van der Waals surface area contributed by atoms with E-state index < -0.39 is 24.0 Å². The first-order valence-electron chi connectivity index (χ1n) is 17.7. The molecule has 6 heterocycles. The molecule has 7 rings (SSSR count). The number of alkyl halides is 4. The molecule has 3 unspecified atom stereocenters. The van der Waals surface area contributed by atoms with E-state index in [0.29, 0.717) is 61.4 Å². The molecule has 0 bridgehead atoms. The molecule has 2 saturated heterocycles. The number of carbonyl (C=O) groups excluding carboxylic acids is 1. The van der Waals surface area contributed by atoms with E-state index in [1.54, 1.807) is 14.1 Å². The van der Waals surface area contributed by atoms with Crippen molar-refractivity contribution in [3.05, 3.63) is 57.0 Å². The van der Waals surface area contributed by atoms with Crippen LogP contribution in [0.5, 0.6) is 6.01 Å². The molecule has 2 fully saturated rings. The predicted molar refractivity (Wildman–Crippen MR) is 188 cm³/mol. The van der Waals surface area contributed by atoms with Crippen molar-refractivity contribution in [3.8, 4) is 17.9 Å². The zero-order valence-electron chi connectivity index (χ0n) is 30.3. The van der Waals surface area contributed by atoms with Gasteiger partial charge < -0.3 is 25.0 Å². The topological polar surface area (TPSA) is 115 Å². The largest absolute Gasteiger partial charge is 0.467 e. The Morgan fingerprint density at radius 2 is 1.96 bits per heavy atom. The van der Waals surface area contributed by atoms with Gasteiger partial charge in [0.1, 0.15) is 12.0 Å². The maximum atomic E-state index is 14.3. The van der Waals surface area contributed by atoms with Gasteiger partial charge in [0.2, 0.25) is 0 Å². The van der Waals surface area contributed by atoms with Crippen LogP contribution < -0.4 is 15.4 Å². The second kappa shape index (κ2) is 15.3. The zero-order chi connectivity index (χ0) is 37.3. The number of rotatable bonds is 5. The van der Waals surface area contributed by atoms with Gasteiger partial charge in [-0.2, -0.15) is 28.2 Å². The molecule has 52 heavy (non-hydrogen) atoms. The number of nitrogens with two attached hydrogens (primary N) is 1. The van der Waals surface area contributed by atoms with Crippen LogP contribution in [-0.2, 0) is 43.5 Å². The van der Waals surface area contributed by atoms with Crippen molar-refractivity contribution in [3.63, 3.8) is 0 Å². The zero-order valence-corrected chi connectivity index (χ0v) is 30.3. The van der Waals surface area contributed by atoms with Gasteiger partial charge in [-0.05, 0) is 63.3 Å². The molecule has 0 spiro atoms. The lowest BCUT2D eigenvalue weighted by molar-refractivity contribution is -0.140. The molecule has 4 aliphatic heterocycles. The number of methoxy groups -OCH3 is 1. The van der Waals surface area contributed by atoms with Gasteiger partial charge in [-0.15, -0.1) is 5.92 Å². The van der Waals surface area contributed by atoms with E-state index in [4.69, 9.17) is 15.2 Å². The summed E-state index contributed by atoms with van der Waals surface area (Å²) in [6.07, 6.45) is -1.40. The number of aromatic nitrogens is 4. The van der Waals surface area contributed by atoms with Crippen molar-refractivity contribution in [2.75, 3.05) is 51.5 Å². The van der Waals surface area contributed by atoms with Crippen LogP contribution in [0.4, 0.5) is 29.1 Å². The maximum absolute atomic E-state index is 14.3. The molecule has 2 aromatic heterocycles. The lowest BCUT2D eigenvalue weighted by atomic mass is 9.91. The molecule has 11 nitrogen and oxygen atoms in total. The van der Waals surface area contributed by atoms with Crippen molar-refractivity contribution in [1.82, 2.24) is 29.5 Å². The molecular formula is C37H46F4N8O3. The Morgan fingerprint density at radius 3 is 2.63 bits per heavy atom. The van der Waals surface area contributed by atoms with E-state index in [0.717, 1.165) is 30.6 Å². The number of hydrogen-bond donors (Lipinski definition) is 1. The summed E-state index contributed by atoms with van der Waals surface area (Å²) >= 11 is 0. The van der Waals surface area contributed by atoms with Crippen molar-refractivity contribution < 1.29 is 31.8 Å². The highest BCUT2D eigenvalue weighted by Gasteiger charge is 2.40. The van der Waals surface area contributed by atoms with Crippen LogP contribution in [0.15, 0.2) is 12.1 Å². The van der Waals surface area contributed by atoms with Crippen LogP contribution >= 0.6 is 0 Å². The number of aryl methyl sites for hydroxylation is 1. The van der Waals surface area contributed by atoms with Gasteiger partial charge >= 0.3 is 12.2 Å². The second-order valence-corrected chi connectivity index (χ2v) is 13.8. The smallest absolute Gasteiger partial charge is 0.417 e. The highest BCUT2D eigenvalue weighted by atomic mass is 19.4. The number of hydrogen-bond acceptors (Lipinski definition) is 9. The normalized spacial score (nSPS) is 21.2. The van der Waals surface area contributed by atoms with Gasteiger partial charge in [-0.25, -0.2) is 4.39 Å². The van der Waals surface area contributed by atoms with Gasteiger partial charge in [-0.1, -0.05) is 12.8 Å². The number of fused-ring (bicyclic) bond motifs is 3. The molecular weight excluding hydrogens is 680 g/mol. The van der Waals surface area contributed by atoms with Gasteiger partial charge in [0.25, 0.3) is 5.91 Å². The Labute approximate surface area is 301 Å². The number of nitrogen functional groups attached to an aromatic ring is 1. The Hall–Kier alpha value is -4.42. The molecule has 280 valence electrons. The average Bonchev–Trinajstić information content (AvgIpc) is 3.74. The minimum atomic E-state index is -4.67. The average molecular weight is 727 g/mol. The summed E-state index contributed by atoms with van der Waals surface area (Å²) in [5.41, 5.74) is 8.49. The predicted octanol–water partition coefficient (Wildman–Crippen LogP) is 5.34. The molecule has 1 aromatic carbocycles. The maximum Gasteiger partial charge on any atom is 0.417 e. The monoisotopic (exact) mass is 726 g/mol. The van der Waals surface area contributed by atoms with E-state index in [-0.39, 0.29) is 41.8 Å². The lowest BCUT2D eigenvalue weighted by Gasteiger charge is -2.31. The molecule has 4 aliphatic rings. The van der Waals surface area contributed by atoms with Crippen LogP contribution in [0.25, 0.3) is 0 Å². The Bertz CT molecular complexity index is 1860. The van der Waals surface area contributed by atoms with Gasteiger partial charge in [0.15, 0.2) is 5.69 Å². The summed E-state index contributed by atoms with van der Waals surface area (Å²) in [5, 5.41) is 4.66. The van der Waals surface area contributed by atoms with E-state index in [9.17, 15) is 22.4 Å². The van der Waals surface area contributed by atoms with E-state index in [1.165, 1.54) is 43.9 Å². The molecule has 0 radical (unpaired) electrons. The SMILES string of the molecule is CC#Cc1cc(N)cc(C2Cc3nc(OC)nc(N4CCCn5nc(C(=O)N(C)C)c(CC)c5C4)c3CO2)c1C(F)(F)F.FC1CC2CCCN2C1. The fourth-order valence-corrected chi connectivity index (χ4v) is 7.80. The Morgan fingerprint density at radius 1 is 1.17 bits per heavy atom. The molecule has 2 N–H and O–H groups in total. The number of halogens is 4. The number of ether oxygens (including phenoxy) is 2. The van der Waals surface area contributed by atoms with E-state index >= 15 is 0 Å². The van der Waals surface area contributed by atoms with E-state index in [1.807, 2.05) is 11.6 Å². The van der Waals surface area contributed by atoms with Gasteiger partial charge in [0.05, 0.1) is 43.3 Å². The first-order chi connectivity index (χ1) is 24.8. The third-order valence-electron chi connectivity index (χ3n) is 10.1. The molecule has 0 saturated carbocycles. The molecule has 3 atom stereocenters. The number of benzene rings is 1. The Balaban J connectivity index is 0.000000444. The number of carbonyl (C=O) groups is 1. The van der Waals surface area contributed by atoms with Crippen molar-refractivity contribution >= 4 is 17.4 Å². The molecule has 15 heteroatoms. The number of anilines is 2. The highest BCUT2D eigenvalue weighted by molar-refractivity contribution is 5.93. The fraction of sp³-hybridized carbons (Fsp3) is 0.568. The number of amides is 1. The quantitative estimate of drug-likeness (QED) is 0.212. The molecule has 0 aliphatic carbocycles. The summed E-state index contributed by atoms with van der Waals surface area (Å²) < 4.78 is 69.0. The van der Waals surface area contributed by atoms with Crippen molar-refractivity contribution in [1.29, 1.82) is 0 Å². The van der Waals surface area contributed by atoms with E-state index in [2.05, 4.69) is 36.7 Å². The van der Waals surface area contributed by atoms with Crippen LogP contribution in [0.2, 0.25) is 0 Å². The standard InChI is InChI=1S/C30H34F3N7O3.C7H12FN/c1-6-9-17-12-18(34)13-20(25(17)30(31,32)33)24-14-22-21(16-43-24)27(36-29(35-22)42-5)39-10-8-11-40-23(15-39)19(7-2)26(37-40)28(41)38(3)4;8-6-4-7-2-1-3-9(7)5-6/h12-13,24H,7-8,10-11,14-16,34H2,1-5H3;6-7H,1-5H2. The lowest BCUT2D eigenvalue weighted by Crippen LogP contribution is -2.29. The third-order valence-corrected chi connectivity index (χ3v) is 10.1. The molecule has 3 aromatic rings. The van der Waals surface area contributed by atoms with Crippen molar-refractivity contribution in [2.24, 2.45) is 0 Å². The van der Waals surface area contributed by atoms with Crippen LogP contribution in [0.3, 0.4) is 0 Å². The fourth-order valence-electron chi connectivity index (χ4n) is 7.80.